The van der Waals surface area contributed by atoms with Crippen LogP contribution in [0.25, 0.3) is 0 Å². The number of nitrogens with one attached hydrogen (secondary N) is 1. The lowest BCUT2D eigenvalue weighted by Crippen LogP contribution is -2.40. The van der Waals surface area contributed by atoms with Crippen molar-refractivity contribution in [1.29, 1.82) is 0 Å². The van der Waals surface area contributed by atoms with Crippen LogP contribution in [0.15, 0.2) is 4.99 Å². The van der Waals surface area contributed by atoms with E-state index in [0.717, 1.165) is 24.3 Å². The summed E-state index contributed by atoms with van der Waals surface area (Å²) in [5.41, 5.74) is 0. The molecule has 0 amide bonds. The Balaban J connectivity index is 1.67. The van der Waals surface area contributed by atoms with Gasteiger partial charge in [-0.25, -0.2) is 0 Å². The standard InChI is InChI=1S/C12H23N3S/c1-4-11-8-14-12(16-11)13-7-9(2)15(3)10-5-6-10/h9-11H,4-8H2,1-3H3,(H,13,14). The molecule has 1 N–H and O–H groups in total. The van der Waals surface area contributed by atoms with Gasteiger partial charge in [-0.1, -0.05) is 18.7 Å². The van der Waals surface area contributed by atoms with Gasteiger partial charge in [-0.3, -0.25) is 9.89 Å². The number of hydrogen-bond acceptors (Lipinski definition) is 4. The van der Waals surface area contributed by atoms with E-state index in [2.05, 4.69) is 36.1 Å². The summed E-state index contributed by atoms with van der Waals surface area (Å²) in [6, 6.07) is 1.45. The van der Waals surface area contributed by atoms with Gasteiger partial charge in [0.1, 0.15) is 0 Å². The number of hydrogen-bond donors (Lipinski definition) is 1. The van der Waals surface area contributed by atoms with Crippen LogP contribution in [0.1, 0.15) is 33.1 Å². The van der Waals surface area contributed by atoms with Crippen molar-refractivity contribution in [2.45, 2.75) is 50.4 Å². The maximum absolute atomic E-state index is 4.53. The first-order valence-corrected chi connectivity index (χ1v) is 7.25. The highest BCUT2D eigenvalue weighted by atomic mass is 32.2. The highest BCUT2D eigenvalue weighted by molar-refractivity contribution is 8.14. The van der Waals surface area contributed by atoms with Crippen molar-refractivity contribution in [1.82, 2.24) is 10.2 Å². The average Bonchev–Trinajstić information content (AvgIpc) is 3.04. The van der Waals surface area contributed by atoms with Crippen LogP contribution in [0, 0.1) is 0 Å². The molecule has 1 heterocycles. The molecule has 4 heteroatoms. The lowest BCUT2D eigenvalue weighted by molar-refractivity contribution is 0.248. The maximum atomic E-state index is 4.53. The predicted molar refractivity (Wildman–Crippen MR) is 72.2 cm³/mol. The number of thioether (sulfide) groups is 1. The van der Waals surface area contributed by atoms with Crippen LogP contribution in [0.5, 0.6) is 0 Å². The molecule has 16 heavy (non-hydrogen) atoms. The summed E-state index contributed by atoms with van der Waals surface area (Å²) in [5, 5.41) is 5.34. The number of aliphatic imine (C=N–C) groups is 1. The van der Waals surface area contributed by atoms with E-state index < -0.39 is 0 Å². The molecule has 1 fully saturated rings. The zero-order valence-corrected chi connectivity index (χ0v) is 11.4. The number of likely N-dealkylation sites (N-methyl/N-ethyl adjacent to an activating group) is 1. The normalized spacial score (nSPS) is 27.0. The number of amidine groups is 1. The van der Waals surface area contributed by atoms with Crippen molar-refractivity contribution >= 4 is 16.9 Å². The van der Waals surface area contributed by atoms with E-state index in [4.69, 9.17) is 0 Å². The summed E-state index contributed by atoms with van der Waals surface area (Å²) in [4.78, 5) is 7.02. The summed E-state index contributed by atoms with van der Waals surface area (Å²) in [5.74, 6) is 0. The van der Waals surface area contributed by atoms with E-state index in [9.17, 15) is 0 Å². The van der Waals surface area contributed by atoms with Gasteiger partial charge in [0.2, 0.25) is 0 Å². The molecule has 3 nitrogen and oxygen atoms in total. The molecule has 2 aliphatic rings. The Bertz CT molecular complexity index is 263. The lowest BCUT2D eigenvalue weighted by Gasteiger charge is -2.24. The Morgan fingerprint density at radius 1 is 1.56 bits per heavy atom. The van der Waals surface area contributed by atoms with E-state index in [0.29, 0.717) is 11.3 Å². The van der Waals surface area contributed by atoms with Crippen molar-refractivity contribution in [2.75, 3.05) is 20.1 Å². The fourth-order valence-corrected chi connectivity index (χ4v) is 2.90. The Labute approximate surface area is 103 Å². The van der Waals surface area contributed by atoms with Crippen molar-refractivity contribution < 1.29 is 0 Å². The van der Waals surface area contributed by atoms with Gasteiger partial charge in [-0.05, 0) is 33.2 Å². The second-order valence-corrected chi connectivity index (χ2v) is 6.21. The van der Waals surface area contributed by atoms with Gasteiger partial charge in [0.25, 0.3) is 0 Å². The molecule has 2 atom stereocenters. The van der Waals surface area contributed by atoms with Gasteiger partial charge in [0.15, 0.2) is 5.17 Å². The van der Waals surface area contributed by atoms with Gasteiger partial charge >= 0.3 is 0 Å². The molecular formula is C12H23N3S. The zero-order valence-electron chi connectivity index (χ0n) is 10.6. The fraction of sp³-hybridized carbons (Fsp3) is 0.917. The first-order chi connectivity index (χ1) is 7.70. The van der Waals surface area contributed by atoms with E-state index in [1.54, 1.807) is 0 Å². The van der Waals surface area contributed by atoms with Crippen LogP contribution in [0.4, 0.5) is 0 Å². The lowest BCUT2D eigenvalue weighted by atomic mass is 10.3. The highest BCUT2D eigenvalue weighted by Crippen LogP contribution is 2.27. The third kappa shape index (κ3) is 3.14. The van der Waals surface area contributed by atoms with Gasteiger partial charge in [-0.15, -0.1) is 0 Å². The largest absolute Gasteiger partial charge is 0.363 e. The van der Waals surface area contributed by atoms with Crippen molar-refractivity contribution in [3.05, 3.63) is 0 Å². The van der Waals surface area contributed by atoms with Crippen LogP contribution in [0.2, 0.25) is 0 Å². The van der Waals surface area contributed by atoms with Gasteiger partial charge < -0.3 is 5.32 Å². The summed E-state index contributed by atoms with van der Waals surface area (Å²) < 4.78 is 0. The molecule has 0 aromatic heterocycles. The average molecular weight is 241 g/mol. The van der Waals surface area contributed by atoms with Crippen LogP contribution in [-0.4, -0.2) is 47.5 Å². The third-order valence-electron chi connectivity index (χ3n) is 3.54. The first kappa shape index (κ1) is 12.2. The van der Waals surface area contributed by atoms with Crippen LogP contribution < -0.4 is 5.32 Å². The Hall–Kier alpha value is -0.220. The molecular weight excluding hydrogens is 218 g/mol. The molecule has 1 aliphatic heterocycles. The summed E-state index contributed by atoms with van der Waals surface area (Å²) in [6.45, 7) is 6.55. The molecule has 1 saturated carbocycles. The number of nitrogens with zero attached hydrogens (tertiary/aromatic N) is 2. The van der Waals surface area contributed by atoms with Crippen LogP contribution in [0.3, 0.4) is 0 Å². The van der Waals surface area contributed by atoms with Crippen molar-refractivity contribution in [3.8, 4) is 0 Å². The topological polar surface area (TPSA) is 27.6 Å². The highest BCUT2D eigenvalue weighted by Gasteiger charge is 2.29. The summed E-state index contributed by atoms with van der Waals surface area (Å²) >= 11 is 1.91. The molecule has 0 saturated heterocycles. The molecule has 0 radical (unpaired) electrons. The quantitative estimate of drug-likeness (QED) is 0.797. The van der Waals surface area contributed by atoms with Crippen LogP contribution in [-0.2, 0) is 0 Å². The Kier molecular flexibility index (Phi) is 4.14. The predicted octanol–water partition coefficient (Wildman–Crippen LogP) is 1.94. The SMILES string of the molecule is CCC1CN=C(NCC(C)N(C)C2CC2)S1. The smallest absolute Gasteiger partial charge is 0.156 e. The first-order valence-electron chi connectivity index (χ1n) is 6.37. The molecule has 0 aromatic carbocycles. The molecule has 0 aromatic rings. The molecule has 1 aliphatic carbocycles. The zero-order chi connectivity index (χ0) is 11.5. The monoisotopic (exact) mass is 241 g/mol. The second kappa shape index (κ2) is 5.41. The minimum Gasteiger partial charge on any atom is -0.363 e. The Morgan fingerprint density at radius 3 is 2.88 bits per heavy atom. The molecule has 2 unspecified atom stereocenters. The number of rotatable bonds is 5. The van der Waals surface area contributed by atoms with Crippen molar-refractivity contribution in [3.63, 3.8) is 0 Å². The molecule has 0 bridgehead atoms. The molecule has 92 valence electrons. The maximum Gasteiger partial charge on any atom is 0.156 e. The van der Waals surface area contributed by atoms with Crippen molar-refractivity contribution in [2.24, 2.45) is 4.99 Å². The minimum absolute atomic E-state index is 0.608. The molecule has 2 rings (SSSR count). The van der Waals surface area contributed by atoms with E-state index in [-0.39, 0.29) is 0 Å². The van der Waals surface area contributed by atoms with E-state index in [1.807, 2.05) is 11.8 Å². The van der Waals surface area contributed by atoms with Gasteiger partial charge in [-0.2, -0.15) is 0 Å². The second-order valence-electron chi connectivity index (χ2n) is 4.92. The van der Waals surface area contributed by atoms with E-state index >= 15 is 0 Å². The van der Waals surface area contributed by atoms with Gasteiger partial charge in [0, 0.05) is 23.9 Å². The Morgan fingerprint density at radius 2 is 2.31 bits per heavy atom. The fourth-order valence-electron chi connectivity index (χ4n) is 1.95. The van der Waals surface area contributed by atoms with Crippen LogP contribution >= 0.6 is 11.8 Å². The third-order valence-corrected chi connectivity index (χ3v) is 4.85. The molecule has 0 spiro atoms. The minimum atomic E-state index is 0.608. The van der Waals surface area contributed by atoms with Gasteiger partial charge in [0.05, 0.1) is 6.54 Å². The summed E-state index contributed by atoms with van der Waals surface area (Å²) in [7, 11) is 2.24. The van der Waals surface area contributed by atoms with E-state index in [1.165, 1.54) is 19.3 Å². The summed E-state index contributed by atoms with van der Waals surface area (Å²) in [6.07, 6.45) is 3.99.